The van der Waals surface area contributed by atoms with Gasteiger partial charge in [0, 0.05) is 6.04 Å². The molecule has 1 atom stereocenters. The third-order valence-electron chi connectivity index (χ3n) is 3.45. The fraction of sp³-hybridized carbons (Fsp3) is 0.312. The Balaban J connectivity index is 2.17. The first kappa shape index (κ1) is 17.2. The molecule has 0 aliphatic heterocycles. The maximum Gasteiger partial charge on any atom is 0.262 e. The lowest BCUT2D eigenvalue weighted by molar-refractivity contribution is 0.598. The van der Waals surface area contributed by atoms with Gasteiger partial charge in [-0.15, -0.1) is 0 Å². The van der Waals surface area contributed by atoms with Crippen molar-refractivity contribution in [1.82, 2.24) is 4.98 Å². The molecule has 0 amide bonds. The van der Waals surface area contributed by atoms with Crippen molar-refractivity contribution in [2.75, 3.05) is 10.0 Å². The van der Waals surface area contributed by atoms with E-state index < -0.39 is 15.8 Å². The highest BCUT2D eigenvalue weighted by Crippen LogP contribution is 2.20. The van der Waals surface area contributed by atoms with Crippen molar-refractivity contribution in [2.24, 2.45) is 0 Å². The van der Waals surface area contributed by atoms with Crippen LogP contribution in [0.4, 0.5) is 15.9 Å². The van der Waals surface area contributed by atoms with Crippen LogP contribution in [0.3, 0.4) is 0 Å². The summed E-state index contributed by atoms with van der Waals surface area (Å²) in [6.07, 6.45) is 2.40. The average Bonchev–Trinajstić information content (AvgIpc) is 2.48. The van der Waals surface area contributed by atoms with Gasteiger partial charge in [-0.1, -0.05) is 6.92 Å². The number of benzene rings is 1. The van der Waals surface area contributed by atoms with E-state index >= 15 is 0 Å². The summed E-state index contributed by atoms with van der Waals surface area (Å²) in [5, 5.41) is 3.20. The molecule has 2 rings (SSSR count). The smallest absolute Gasteiger partial charge is 0.262 e. The Hall–Kier alpha value is -2.15. The molecule has 0 bridgehead atoms. The lowest BCUT2D eigenvalue weighted by Gasteiger charge is -2.13. The number of nitrogens with one attached hydrogen (secondary N) is 2. The molecule has 23 heavy (non-hydrogen) atoms. The van der Waals surface area contributed by atoms with Gasteiger partial charge in [0.2, 0.25) is 0 Å². The molecule has 0 saturated heterocycles. The van der Waals surface area contributed by atoms with E-state index in [0.29, 0.717) is 17.1 Å². The van der Waals surface area contributed by atoms with Gasteiger partial charge in [0.25, 0.3) is 10.0 Å². The molecule has 2 N–H and O–H groups in total. The Morgan fingerprint density at radius 2 is 2.00 bits per heavy atom. The summed E-state index contributed by atoms with van der Waals surface area (Å²) < 4.78 is 40.3. The molecule has 1 aromatic carbocycles. The van der Waals surface area contributed by atoms with Crippen molar-refractivity contribution in [2.45, 2.75) is 38.1 Å². The Morgan fingerprint density at radius 1 is 1.26 bits per heavy atom. The molecule has 1 heterocycles. The molecule has 1 aromatic heterocycles. The lowest BCUT2D eigenvalue weighted by atomic mass is 10.2. The van der Waals surface area contributed by atoms with Crippen LogP contribution in [-0.4, -0.2) is 19.4 Å². The van der Waals surface area contributed by atoms with E-state index in [4.69, 9.17) is 0 Å². The molecule has 1 unspecified atom stereocenters. The van der Waals surface area contributed by atoms with Gasteiger partial charge in [0.05, 0.1) is 16.8 Å². The number of sulfonamides is 1. The number of anilines is 2. The molecule has 0 aliphatic rings. The van der Waals surface area contributed by atoms with Crippen LogP contribution in [0, 0.1) is 12.7 Å². The zero-order chi connectivity index (χ0) is 17.0. The fourth-order valence-electron chi connectivity index (χ4n) is 2.02. The number of pyridine rings is 1. The number of hydrogen-bond donors (Lipinski definition) is 2. The zero-order valence-electron chi connectivity index (χ0n) is 13.3. The Labute approximate surface area is 136 Å². The van der Waals surface area contributed by atoms with Crippen molar-refractivity contribution >= 4 is 21.5 Å². The van der Waals surface area contributed by atoms with Crippen molar-refractivity contribution in [3.8, 4) is 0 Å². The van der Waals surface area contributed by atoms with Crippen molar-refractivity contribution < 1.29 is 12.8 Å². The third-order valence-corrected chi connectivity index (χ3v) is 4.99. The van der Waals surface area contributed by atoms with E-state index in [1.165, 1.54) is 18.3 Å². The first-order chi connectivity index (χ1) is 10.8. The first-order valence-electron chi connectivity index (χ1n) is 7.33. The number of aryl methyl sites for hydroxylation is 1. The van der Waals surface area contributed by atoms with Crippen LogP contribution in [0.15, 0.2) is 41.4 Å². The second-order valence-electron chi connectivity index (χ2n) is 5.40. The highest BCUT2D eigenvalue weighted by Gasteiger charge is 2.17. The normalized spacial score (nSPS) is 12.7. The largest absolute Gasteiger partial charge is 0.368 e. The van der Waals surface area contributed by atoms with Crippen LogP contribution in [-0.2, 0) is 10.0 Å². The fourth-order valence-corrected chi connectivity index (χ4v) is 3.29. The highest BCUT2D eigenvalue weighted by atomic mass is 32.2. The van der Waals surface area contributed by atoms with Crippen LogP contribution >= 0.6 is 0 Å². The van der Waals surface area contributed by atoms with E-state index in [2.05, 4.69) is 21.9 Å². The van der Waals surface area contributed by atoms with Gasteiger partial charge in [-0.3, -0.25) is 4.72 Å². The maximum atomic E-state index is 13.1. The number of hydrogen-bond acceptors (Lipinski definition) is 4. The molecule has 0 spiro atoms. The van der Waals surface area contributed by atoms with Gasteiger partial charge in [0.1, 0.15) is 11.6 Å². The summed E-state index contributed by atoms with van der Waals surface area (Å²) in [5.41, 5.74) is 0.698. The SMILES string of the molecule is CCC(C)Nc1ccc(NS(=O)(=O)c2ccc(F)cc2C)cn1. The summed E-state index contributed by atoms with van der Waals surface area (Å²) in [4.78, 5) is 4.23. The monoisotopic (exact) mass is 337 g/mol. The molecule has 0 fully saturated rings. The lowest BCUT2D eigenvalue weighted by Crippen LogP contribution is -2.16. The van der Waals surface area contributed by atoms with E-state index in [9.17, 15) is 12.8 Å². The number of aromatic nitrogens is 1. The maximum absolute atomic E-state index is 13.1. The van der Waals surface area contributed by atoms with Gasteiger partial charge in [-0.2, -0.15) is 0 Å². The van der Waals surface area contributed by atoms with E-state index in [1.807, 2.05) is 6.92 Å². The number of nitrogens with zero attached hydrogens (tertiary/aromatic N) is 1. The molecular weight excluding hydrogens is 317 g/mol. The summed E-state index contributed by atoms with van der Waals surface area (Å²) in [6.45, 7) is 5.65. The van der Waals surface area contributed by atoms with Gasteiger partial charge in [0.15, 0.2) is 0 Å². The minimum atomic E-state index is -3.78. The van der Waals surface area contributed by atoms with Crippen molar-refractivity contribution in [1.29, 1.82) is 0 Å². The quantitative estimate of drug-likeness (QED) is 0.846. The summed E-state index contributed by atoms with van der Waals surface area (Å²) >= 11 is 0. The molecule has 7 heteroatoms. The molecule has 5 nitrogen and oxygen atoms in total. The van der Waals surface area contributed by atoms with Gasteiger partial charge in [-0.25, -0.2) is 17.8 Å². The molecule has 0 radical (unpaired) electrons. The molecule has 2 aromatic rings. The van der Waals surface area contributed by atoms with Gasteiger partial charge in [-0.05, 0) is 56.2 Å². The second kappa shape index (κ2) is 6.95. The van der Waals surface area contributed by atoms with Crippen LogP contribution in [0.1, 0.15) is 25.8 Å². The van der Waals surface area contributed by atoms with Crippen LogP contribution < -0.4 is 10.0 Å². The number of rotatable bonds is 6. The van der Waals surface area contributed by atoms with Crippen molar-refractivity contribution in [3.05, 3.63) is 47.9 Å². The number of halogens is 1. The third kappa shape index (κ3) is 4.41. The Kier molecular flexibility index (Phi) is 5.20. The topological polar surface area (TPSA) is 71.1 Å². The first-order valence-corrected chi connectivity index (χ1v) is 8.81. The predicted octanol–water partition coefficient (Wildman–Crippen LogP) is 3.54. The van der Waals surface area contributed by atoms with E-state index in [-0.39, 0.29) is 10.9 Å². The van der Waals surface area contributed by atoms with E-state index in [0.717, 1.165) is 12.5 Å². The predicted molar refractivity (Wildman–Crippen MR) is 89.6 cm³/mol. The molecule has 124 valence electrons. The van der Waals surface area contributed by atoms with Crippen LogP contribution in [0.25, 0.3) is 0 Å². The summed E-state index contributed by atoms with van der Waals surface area (Å²) in [6, 6.07) is 7.19. The van der Waals surface area contributed by atoms with Crippen molar-refractivity contribution in [3.63, 3.8) is 0 Å². The van der Waals surface area contributed by atoms with E-state index in [1.54, 1.807) is 19.1 Å². The van der Waals surface area contributed by atoms with Gasteiger partial charge >= 0.3 is 0 Å². The highest BCUT2D eigenvalue weighted by molar-refractivity contribution is 7.92. The average molecular weight is 337 g/mol. The molecule has 0 aliphatic carbocycles. The van der Waals surface area contributed by atoms with Crippen LogP contribution in [0.2, 0.25) is 0 Å². The Morgan fingerprint density at radius 3 is 2.57 bits per heavy atom. The summed E-state index contributed by atoms with van der Waals surface area (Å²) in [5.74, 6) is 0.212. The minimum Gasteiger partial charge on any atom is -0.368 e. The Bertz CT molecular complexity index is 776. The standard InChI is InChI=1S/C16H20FN3O2S/c1-4-12(3)19-16-8-6-14(10-18-16)20-23(21,22)15-7-5-13(17)9-11(15)2/h5-10,12,20H,4H2,1-3H3,(H,18,19). The summed E-state index contributed by atoms with van der Waals surface area (Å²) in [7, 11) is -3.78. The molecule has 0 saturated carbocycles. The minimum absolute atomic E-state index is 0.0423. The molecular formula is C16H20FN3O2S. The second-order valence-corrected chi connectivity index (χ2v) is 7.05. The van der Waals surface area contributed by atoms with Crippen LogP contribution in [0.5, 0.6) is 0 Å². The van der Waals surface area contributed by atoms with Gasteiger partial charge < -0.3 is 5.32 Å². The zero-order valence-corrected chi connectivity index (χ0v) is 14.1.